The SMILES string of the molecule is CN(C[C@@H](O)C(F)(F)F)C(=O)N[C@H]1CCN(CC2CCCC2)C1. The number of carbonyl (C=O) groups is 1. The second-order valence-corrected chi connectivity index (χ2v) is 6.78. The number of hydrogen-bond donors (Lipinski definition) is 2. The molecule has 1 saturated carbocycles. The van der Waals surface area contributed by atoms with Gasteiger partial charge in [-0.3, -0.25) is 0 Å². The Bertz CT molecular complexity index is 400. The molecule has 2 fully saturated rings. The van der Waals surface area contributed by atoms with Crippen molar-refractivity contribution < 1.29 is 23.1 Å². The molecule has 1 aliphatic heterocycles. The molecule has 0 aromatic rings. The molecule has 0 bridgehead atoms. The number of halogens is 3. The van der Waals surface area contributed by atoms with Crippen molar-refractivity contribution >= 4 is 6.03 Å². The molecule has 2 N–H and O–H groups in total. The summed E-state index contributed by atoms with van der Waals surface area (Å²) in [6.07, 6.45) is -1.28. The summed E-state index contributed by atoms with van der Waals surface area (Å²) in [5, 5.41) is 11.8. The predicted molar refractivity (Wildman–Crippen MR) is 80.0 cm³/mol. The van der Waals surface area contributed by atoms with Gasteiger partial charge in [0.1, 0.15) is 0 Å². The average Bonchev–Trinajstić information content (AvgIpc) is 3.10. The Morgan fingerprint density at radius 3 is 2.61 bits per heavy atom. The lowest BCUT2D eigenvalue weighted by atomic mass is 10.1. The molecule has 2 rings (SSSR count). The van der Waals surface area contributed by atoms with Crippen molar-refractivity contribution in [1.82, 2.24) is 15.1 Å². The van der Waals surface area contributed by atoms with Gasteiger partial charge >= 0.3 is 12.2 Å². The third-order valence-corrected chi connectivity index (χ3v) is 4.76. The van der Waals surface area contributed by atoms with Crippen LogP contribution in [0.4, 0.5) is 18.0 Å². The maximum Gasteiger partial charge on any atom is 0.416 e. The van der Waals surface area contributed by atoms with E-state index in [0.29, 0.717) is 0 Å². The minimum absolute atomic E-state index is 0.0330. The molecule has 0 aromatic carbocycles. The lowest BCUT2D eigenvalue weighted by molar-refractivity contribution is -0.205. The Balaban J connectivity index is 1.71. The normalized spacial score (nSPS) is 24.8. The van der Waals surface area contributed by atoms with E-state index in [1.807, 2.05) is 0 Å². The Labute approximate surface area is 134 Å². The number of likely N-dealkylation sites (tertiary alicyclic amines) is 1. The second kappa shape index (κ2) is 7.70. The molecule has 8 heteroatoms. The molecule has 134 valence electrons. The summed E-state index contributed by atoms with van der Waals surface area (Å²) < 4.78 is 36.9. The number of aliphatic hydroxyl groups excluding tert-OH is 1. The first kappa shape index (κ1) is 18.3. The van der Waals surface area contributed by atoms with Crippen LogP contribution < -0.4 is 5.32 Å². The zero-order valence-corrected chi connectivity index (χ0v) is 13.5. The van der Waals surface area contributed by atoms with E-state index < -0.39 is 24.9 Å². The van der Waals surface area contributed by atoms with Gasteiger partial charge in [0.25, 0.3) is 0 Å². The number of hydrogen-bond acceptors (Lipinski definition) is 3. The third-order valence-electron chi connectivity index (χ3n) is 4.76. The van der Waals surface area contributed by atoms with Crippen molar-refractivity contribution in [2.24, 2.45) is 5.92 Å². The van der Waals surface area contributed by atoms with Crippen LogP contribution in [0.5, 0.6) is 0 Å². The predicted octanol–water partition coefficient (Wildman–Crippen LogP) is 1.82. The molecular weight excluding hydrogens is 311 g/mol. The van der Waals surface area contributed by atoms with Crippen molar-refractivity contribution in [3.8, 4) is 0 Å². The van der Waals surface area contributed by atoms with E-state index in [1.54, 1.807) is 0 Å². The molecule has 5 nitrogen and oxygen atoms in total. The zero-order valence-electron chi connectivity index (χ0n) is 13.5. The molecule has 1 aliphatic carbocycles. The highest BCUT2D eigenvalue weighted by Crippen LogP contribution is 2.26. The van der Waals surface area contributed by atoms with Gasteiger partial charge in [0.05, 0.1) is 6.54 Å². The van der Waals surface area contributed by atoms with Gasteiger partial charge in [0.15, 0.2) is 6.10 Å². The number of nitrogens with zero attached hydrogens (tertiary/aromatic N) is 2. The van der Waals surface area contributed by atoms with Gasteiger partial charge in [-0.15, -0.1) is 0 Å². The Kier molecular flexibility index (Phi) is 6.13. The van der Waals surface area contributed by atoms with Crippen LogP contribution >= 0.6 is 0 Å². The second-order valence-electron chi connectivity index (χ2n) is 6.78. The van der Waals surface area contributed by atoms with Crippen LogP contribution in [0.25, 0.3) is 0 Å². The van der Waals surface area contributed by atoms with Gasteiger partial charge < -0.3 is 20.2 Å². The zero-order chi connectivity index (χ0) is 17.0. The lowest BCUT2D eigenvalue weighted by Gasteiger charge is -2.25. The summed E-state index contributed by atoms with van der Waals surface area (Å²) in [7, 11) is 1.26. The van der Waals surface area contributed by atoms with E-state index in [2.05, 4.69) is 10.2 Å². The van der Waals surface area contributed by atoms with E-state index in [4.69, 9.17) is 5.11 Å². The molecule has 2 amide bonds. The topological polar surface area (TPSA) is 55.8 Å². The van der Waals surface area contributed by atoms with Crippen molar-refractivity contribution in [2.45, 2.75) is 50.4 Å². The molecule has 1 saturated heterocycles. The first-order chi connectivity index (χ1) is 10.8. The maximum absolute atomic E-state index is 12.3. The molecule has 2 atom stereocenters. The monoisotopic (exact) mass is 337 g/mol. The highest BCUT2D eigenvalue weighted by atomic mass is 19.4. The summed E-state index contributed by atoms with van der Waals surface area (Å²) in [6, 6.07) is -0.601. The summed E-state index contributed by atoms with van der Waals surface area (Å²) in [5.41, 5.74) is 0. The van der Waals surface area contributed by atoms with Gasteiger partial charge in [-0.25, -0.2) is 4.79 Å². The van der Waals surface area contributed by atoms with Crippen LogP contribution in [0.2, 0.25) is 0 Å². The van der Waals surface area contributed by atoms with Crippen molar-refractivity contribution in [1.29, 1.82) is 0 Å². The van der Waals surface area contributed by atoms with Crippen LogP contribution in [0.1, 0.15) is 32.1 Å². The number of nitrogens with one attached hydrogen (secondary N) is 1. The van der Waals surface area contributed by atoms with Crippen LogP contribution in [0.15, 0.2) is 0 Å². The highest BCUT2D eigenvalue weighted by molar-refractivity contribution is 5.74. The fourth-order valence-corrected chi connectivity index (χ4v) is 3.41. The number of alkyl halides is 3. The minimum atomic E-state index is -4.71. The number of urea groups is 1. The molecule has 23 heavy (non-hydrogen) atoms. The standard InChI is InChI=1S/C15H26F3N3O2/c1-20(10-13(22)15(16,17)18)14(23)19-12-6-7-21(9-12)8-11-4-2-3-5-11/h11-13,22H,2-10H2,1H3,(H,19,23)/t12-,13+/m0/s1. The molecular formula is C15H26F3N3O2. The van der Waals surface area contributed by atoms with Crippen molar-refractivity contribution in [2.75, 3.05) is 33.2 Å². The average molecular weight is 337 g/mol. The van der Waals surface area contributed by atoms with Gasteiger partial charge in [0, 0.05) is 32.7 Å². The first-order valence-electron chi connectivity index (χ1n) is 8.24. The number of aliphatic hydroxyl groups is 1. The number of rotatable bonds is 5. The van der Waals surface area contributed by atoms with Gasteiger partial charge in [0.2, 0.25) is 0 Å². The number of amides is 2. The molecule has 2 aliphatic rings. The first-order valence-corrected chi connectivity index (χ1v) is 8.24. The van der Waals surface area contributed by atoms with Crippen LogP contribution in [0, 0.1) is 5.92 Å². The number of carbonyl (C=O) groups excluding carboxylic acids is 1. The summed E-state index contributed by atoms with van der Waals surface area (Å²) in [5.74, 6) is 0.744. The smallest absolute Gasteiger partial charge is 0.382 e. The van der Waals surface area contributed by atoms with E-state index in [-0.39, 0.29) is 6.04 Å². The highest BCUT2D eigenvalue weighted by Gasteiger charge is 2.39. The Morgan fingerprint density at radius 2 is 2.00 bits per heavy atom. The fourth-order valence-electron chi connectivity index (χ4n) is 3.41. The summed E-state index contributed by atoms with van der Waals surface area (Å²) in [4.78, 5) is 15.1. The van der Waals surface area contributed by atoms with Crippen LogP contribution in [-0.4, -0.2) is 72.5 Å². The quantitative estimate of drug-likeness (QED) is 0.805. The van der Waals surface area contributed by atoms with E-state index in [0.717, 1.165) is 36.9 Å². The summed E-state index contributed by atoms with van der Waals surface area (Å²) in [6.45, 7) is 1.96. The van der Waals surface area contributed by atoms with E-state index in [9.17, 15) is 18.0 Å². The van der Waals surface area contributed by atoms with E-state index >= 15 is 0 Å². The molecule has 0 spiro atoms. The Morgan fingerprint density at radius 1 is 1.35 bits per heavy atom. The van der Waals surface area contributed by atoms with Crippen LogP contribution in [0.3, 0.4) is 0 Å². The minimum Gasteiger partial charge on any atom is -0.382 e. The summed E-state index contributed by atoms with van der Waals surface area (Å²) >= 11 is 0. The maximum atomic E-state index is 12.3. The third kappa shape index (κ3) is 5.53. The fraction of sp³-hybridized carbons (Fsp3) is 0.933. The van der Waals surface area contributed by atoms with Gasteiger partial charge in [-0.2, -0.15) is 13.2 Å². The number of likely N-dealkylation sites (N-methyl/N-ethyl adjacent to an activating group) is 1. The molecule has 0 unspecified atom stereocenters. The van der Waals surface area contributed by atoms with Crippen LogP contribution in [-0.2, 0) is 0 Å². The van der Waals surface area contributed by atoms with E-state index in [1.165, 1.54) is 32.7 Å². The molecule has 0 aromatic heterocycles. The van der Waals surface area contributed by atoms with Crippen molar-refractivity contribution in [3.05, 3.63) is 0 Å². The lowest BCUT2D eigenvalue weighted by Crippen LogP contribution is -2.48. The van der Waals surface area contributed by atoms with Crippen molar-refractivity contribution in [3.63, 3.8) is 0 Å². The largest absolute Gasteiger partial charge is 0.416 e. The molecule has 1 heterocycles. The van der Waals surface area contributed by atoms with Gasteiger partial charge in [-0.05, 0) is 25.2 Å². The Hall–Kier alpha value is -1.02. The van der Waals surface area contributed by atoms with Gasteiger partial charge in [-0.1, -0.05) is 12.8 Å². The molecule has 0 radical (unpaired) electrons.